The van der Waals surface area contributed by atoms with E-state index in [2.05, 4.69) is 39.6 Å². The van der Waals surface area contributed by atoms with Crippen molar-refractivity contribution in [2.24, 2.45) is 5.92 Å². The zero-order chi connectivity index (χ0) is 11.4. The van der Waals surface area contributed by atoms with Crippen LogP contribution in [0.1, 0.15) is 18.2 Å². The lowest BCUT2D eigenvalue weighted by Crippen LogP contribution is -2.43. The quantitative estimate of drug-likeness (QED) is 0.923. The van der Waals surface area contributed by atoms with E-state index in [1.807, 2.05) is 11.3 Å². The minimum atomic E-state index is 0.614. The van der Waals surface area contributed by atoms with Crippen LogP contribution in [0.25, 0.3) is 0 Å². The minimum Gasteiger partial charge on any atom is -0.381 e. The monoisotopic (exact) mass is 303 g/mol. The molecule has 0 bridgehead atoms. The molecular weight excluding hydrogens is 286 g/mol. The van der Waals surface area contributed by atoms with E-state index in [4.69, 9.17) is 4.74 Å². The van der Waals surface area contributed by atoms with Crippen LogP contribution in [0.5, 0.6) is 0 Å². The lowest BCUT2D eigenvalue weighted by molar-refractivity contribution is 0.0329. The van der Waals surface area contributed by atoms with Crippen molar-refractivity contribution in [3.8, 4) is 0 Å². The van der Waals surface area contributed by atoms with E-state index in [0.29, 0.717) is 12.0 Å². The summed E-state index contributed by atoms with van der Waals surface area (Å²) in [5.41, 5.74) is 0. The normalized spacial score (nSPS) is 25.9. The van der Waals surface area contributed by atoms with Crippen molar-refractivity contribution in [1.82, 2.24) is 5.32 Å². The number of hydrogen-bond acceptors (Lipinski definition) is 3. The maximum Gasteiger partial charge on any atom is 0.0512 e. The van der Waals surface area contributed by atoms with Gasteiger partial charge in [-0.1, -0.05) is 6.92 Å². The van der Waals surface area contributed by atoms with E-state index >= 15 is 0 Å². The molecule has 0 aromatic carbocycles. The van der Waals surface area contributed by atoms with Crippen molar-refractivity contribution in [2.75, 3.05) is 19.8 Å². The van der Waals surface area contributed by atoms with Crippen LogP contribution in [0, 0.1) is 5.92 Å². The van der Waals surface area contributed by atoms with Gasteiger partial charge in [-0.2, -0.15) is 0 Å². The van der Waals surface area contributed by atoms with Gasteiger partial charge in [0.2, 0.25) is 0 Å². The second-order valence-electron chi connectivity index (χ2n) is 4.18. The smallest absolute Gasteiger partial charge is 0.0512 e. The van der Waals surface area contributed by atoms with Gasteiger partial charge in [-0.15, -0.1) is 11.3 Å². The molecule has 1 aliphatic rings. The molecule has 1 saturated heterocycles. The minimum absolute atomic E-state index is 0.614. The highest BCUT2D eigenvalue weighted by molar-refractivity contribution is 9.10. The summed E-state index contributed by atoms with van der Waals surface area (Å²) >= 11 is 5.43. The predicted molar refractivity (Wildman–Crippen MR) is 72.1 cm³/mol. The average Bonchev–Trinajstić information content (AvgIpc) is 2.68. The first kappa shape index (κ1) is 12.6. The van der Waals surface area contributed by atoms with Gasteiger partial charge in [-0.3, -0.25) is 0 Å². The molecule has 0 spiro atoms. The van der Waals surface area contributed by atoms with Crippen molar-refractivity contribution in [1.29, 1.82) is 0 Å². The standard InChI is InChI=1S/C12H18BrNOS/c1-2-14-11-3-5-15-8-9(11)7-12-10(13)4-6-16-12/h4,6,9,11,14H,2-3,5,7-8H2,1H3. The second kappa shape index (κ2) is 6.15. The fraction of sp³-hybridized carbons (Fsp3) is 0.667. The summed E-state index contributed by atoms with van der Waals surface area (Å²) in [5, 5.41) is 5.72. The summed E-state index contributed by atoms with van der Waals surface area (Å²) in [6.45, 7) is 5.02. The molecular formula is C12H18BrNOS. The molecule has 1 aromatic rings. The molecule has 16 heavy (non-hydrogen) atoms. The molecule has 1 aliphatic heterocycles. The zero-order valence-corrected chi connectivity index (χ0v) is 11.9. The van der Waals surface area contributed by atoms with Crippen LogP contribution in [-0.2, 0) is 11.2 Å². The first-order valence-corrected chi connectivity index (χ1v) is 7.51. The van der Waals surface area contributed by atoms with E-state index in [-0.39, 0.29) is 0 Å². The Morgan fingerprint density at radius 2 is 2.50 bits per heavy atom. The zero-order valence-electron chi connectivity index (χ0n) is 9.54. The molecule has 90 valence electrons. The lowest BCUT2D eigenvalue weighted by Gasteiger charge is -2.32. The summed E-state index contributed by atoms with van der Waals surface area (Å²) < 4.78 is 6.85. The Morgan fingerprint density at radius 1 is 1.62 bits per heavy atom. The summed E-state index contributed by atoms with van der Waals surface area (Å²) in [4.78, 5) is 1.44. The Labute approximate surface area is 110 Å². The van der Waals surface area contributed by atoms with Gasteiger partial charge in [-0.25, -0.2) is 0 Å². The second-order valence-corrected chi connectivity index (χ2v) is 6.04. The Hall–Kier alpha value is 0.100. The first-order valence-electron chi connectivity index (χ1n) is 5.84. The molecule has 0 aliphatic carbocycles. The highest BCUT2D eigenvalue weighted by Gasteiger charge is 2.25. The molecule has 0 amide bonds. The molecule has 1 fully saturated rings. The molecule has 2 atom stereocenters. The average molecular weight is 304 g/mol. The maximum absolute atomic E-state index is 5.60. The number of rotatable bonds is 4. The van der Waals surface area contributed by atoms with Gasteiger partial charge < -0.3 is 10.1 Å². The van der Waals surface area contributed by atoms with E-state index in [1.165, 1.54) is 9.35 Å². The fourth-order valence-electron chi connectivity index (χ4n) is 2.24. The number of hydrogen-bond donors (Lipinski definition) is 1. The Morgan fingerprint density at radius 3 is 3.19 bits per heavy atom. The van der Waals surface area contributed by atoms with Crippen LogP contribution >= 0.6 is 27.3 Å². The van der Waals surface area contributed by atoms with Crippen LogP contribution < -0.4 is 5.32 Å². The SMILES string of the molecule is CCNC1CCOCC1Cc1sccc1Br. The number of nitrogens with one attached hydrogen (secondary N) is 1. The van der Waals surface area contributed by atoms with Gasteiger partial charge in [0.05, 0.1) is 6.61 Å². The van der Waals surface area contributed by atoms with Crippen molar-refractivity contribution >= 4 is 27.3 Å². The van der Waals surface area contributed by atoms with Crippen LogP contribution in [0.3, 0.4) is 0 Å². The molecule has 1 aromatic heterocycles. The summed E-state index contributed by atoms with van der Waals surface area (Å²) in [5.74, 6) is 0.614. The van der Waals surface area contributed by atoms with Gasteiger partial charge in [0.25, 0.3) is 0 Å². The van der Waals surface area contributed by atoms with Crippen LogP contribution in [0.4, 0.5) is 0 Å². The summed E-state index contributed by atoms with van der Waals surface area (Å²) in [6, 6.07) is 2.75. The van der Waals surface area contributed by atoms with Gasteiger partial charge >= 0.3 is 0 Å². The van der Waals surface area contributed by atoms with Gasteiger partial charge in [0.15, 0.2) is 0 Å². The van der Waals surface area contributed by atoms with E-state index in [9.17, 15) is 0 Å². The third kappa shape index (κ3) is 3.06. The first-order chi connectivity index (χ1) is 7.81. The molecule has 2 rings (SSSR count). The van der Waals surface area contributed by atoms with E-state index < -0.39 is 0 Å². The number of halogens is 1. The molecule has 2 nitrogen and oxygen atoms in total. The molecule has 1 N–H and O–H groups in total. The molecule has 4 heteroatoms. The van der Waals surface area contributed by atoms with Crippen LogP contribution in [0.15, 0.2) is 15.9 Å². The third-order valence-electron chi connectivity index (χ3n) is 3.08. The topological polar surface area (TPSA) is 21.3 Å². The number of ether oxygens (including phenoxy) is 1. The van der Waals surface area contributed by atoms with Crippen molar-refractivity contribution in [3.05, 3.63) is 20.8 Å². The summed E-state index contributed by atoms with van der Waals surface area (Å²) in [7, 11) is 0. The van der Waals surface area contributed by atoms with Gasteiger partial charge in [0.1, 0.15) is 0 Å². The summed E-state index contributed by atoms with van der Waals surface area (Å²) in [6.07, 6.45) is 2.26. The highest BCUT2D eigenvalue weighted by atomic mass is 79.9. The molecule has 2 unspecified atom stereocenters. The Balaban J connectivity index is 1.98. The van der Waals surface area contributed by atoms with Crippen molar-refractivity contribution in [3.63, 3.8) is 0 Å². The van der Waals surface area contributed by atoms with Crippen LogP contribution in [-0.4, -0.2) is 25.8 Å². The molecule has 0 saturated carbocycles. The van der Waals surface area contributed by atoms with E-state index in [1.54, 1.807) is 0 Å². The highest BCUT2D eigenvalue weighted by Crippen LogP contribution is 2.28. The fourth-order valence-corrected chi connectivity index (χ4v) is 3.85. The lowest BCUT2D eigenvalue weighted by atomic mass is 9.92. The Bertz CT molecular complexity index is 327. The van der Waals surface area contributed by atoms with Crippen LogP contribution in [0.2, 0.25) is 0 Å². The Kier molecular flexibility index (Phi) is 4.82. The molecule has 2 heterocycles. The number of thiophene rings is 1. The molecule has 0 radical (unpaired) electrons. The largest absolute Gasteiger partial charge is 0.381 e. The predicted octanol–water partition coefficient (Wildman–Crippen LogP) is 3.07. The van der Waals surface area contributed by atoms with Crippen molar-refractivity contribution < 1.29 is 4.74 Å². The maximum atomic E-state index is 5.60. The van der Waals surface area contributed by atoms with E-state index in [0.717, 1.165) is 32.6 Å². The third-order valence-corrected chi connectivity index (χ3v) is 5.03. The van der Waals surface area contributed by atoms with Crippen molar-refractivity contribution in [2.45, 2.75) is 25.8 Å². The van der Waals surface area contributed by atoms with Gasteiger partial charge in [-0.05, 0) is 46.8 Å². The van der Waals surface area contributed by atoms with Gasteiger partial charge in [0, 0.05) is 27.9 Å².